The third-order valence-electron chi connectivity index (χ3n) is 2.74. The maximum Gasteiger partial charge on any atom is 0.236 e. The smallest absolute Gasteiger partial charge is 0.236 e. The van der Waals surface area contributed by atoms with Crippen LogP contribution in [0.1, 0.15) is 0 Å². The van der Waals surface area contributed by atoms with Gasteiger partial charge in [0, 0.05) is 5.56 Å². The minimum absolute atomic E-state index is 0.0291. The number of benzene rings is 1. The lowest BCUT2D eigenvalue weighted by Gasteiger charge is -2.04. The zero-order valence-electron chi connectivity index (χ0n) is 10.5. The zero-order valence-corrected chi connectivity index (χ0v) is 10.5. The van der Waals surface area contributed by atoms with Crippen molar-refractivity contribution in [2.45, 2.75) is 0 Å². The molecule has 0 fully saturated rings. The highest BCUT2D eigenvalue weighted by Gasteiger charge is 2.09. The highest BCUT2D eigenvalue weighted by molar-refractivity contribution is 5.78. The fraction of sp³-hybridized carbons (Fsp3) is 0.0769. The van der Waals surface area contributed by atoms with Crippen molar-refractivity contribution >= 4 is 17.4 Å². The number of hydrogen-bond donors (Lipinski definition) is 2. The van der Waals surface area contributed by atoms with Crippen LogP contribution >= 0.6 is 0 Å². The van der Waals surface area contributed by atoms with E-state index in [2.05, 4.69) is 20.6 Å². The van der Waals surface area contributed by atoms with Crippen LogP contribution in [0.4, 0.5) is 5.82 Å². The van der Waals surface area contributed by atoms with E-state index in [1.165, 1.54) is 0 Å². The molecule has 0 aliphatic rings. The second-order valence-corrected chi connectivity index (χ2v) is 4.20. The number of nitrogens with one attached hydrogen (secondary N) is 1. The number of rotatable bonds is 4. The summed E-state index contributed by atoms with van der Waals surface area (Å²) in [6, 6.07) is 13.1. The van der Waals surface area contributed by atoms with E-state index in [4.69, 9.17) is 5.73 Å². The van der Waals surface area contributed by atoms with Gasteiger partial charge in [-0.3, -0.25) is 4.79 Å². The van der Waals surface area contributed by atoms with Gasteiger partial charge >= 0.3 is 0 Å². The van der Waals surface area contributed by atoms with Crippen LogP contribution in [0.2, 0.25) is 0 Å². The molecule has 0 bridgehead atoms. The highest BCUT2D eigenvalue weighted by atomic mass is 16.1. The molecule has 3 aromatic rings. The second kappa shape index (κ2) is 4.96. The topological polar surface area (TPSA) is 98.2 Å². The molecule has 0 saturated carbocycles. The van der Waals surface area contributed by atoms with Crippen molar-refractivity contribution in [1.82, 2.24) is 19.8 Å². The first-order valence-electron chi connectivity index (χ1n) is 6.04. The van der Waals surface area contributed by atoms with Crippen molar-refractivity contribution in [3.63, 3.8) is 0 Å². The van der Waals surface area contributed by atoms with Gasteiger partial charge in [0.2, 0.25) is 5.91 Å². The predicted octanol–water partition coefficient (Wildman–Crippen LogP) is 0.688. The Kier molecular flexibility index (Phi) is 3.00. The average Bonchev–Trinajstić information content (AvgIpc) is 2.89. The van der Waals surface area contributed by atoms with Crippen LogP contribution in [0.5, 0.6) is 0 Å². The van der Waals surface area contributed by atoms with E-state index in [0.717, 1.165) is 5.56 Å². The summed E-state index contributed by atoms with van der Waals surface area (Å²) in [4.78, 5) is 10.8. The predicted molar refractivity (Wildman–Crippen MR) is 73.9 cm³/mol. The van der Waals surface area contributed by atoms with Crippen LogP contribution in [0.3, 0.4) is 0 Å². The molecule has 2 heterocycles. The summed E-state index contributed by atoms with van der Waals surface area (Å²) in [6.45, 7) is 0.0291. The van der Waals surface area contributed by atoms with Crippen LogP contribution in [0, 0.1) is 0 Å². The van der Waals surface area contributed by atoms with Crippen molar-refractivity contribution in [3.05, 3.63) is 42.5 Å². The molecule has 1 aromatic carbocycles. The fourth-order valence-corrected chi connectivity index (χ4v) is 1.83. The van der Waals surface area contributed by atoms with E-state index in [1.807, 2.05) is 30.3 Å². The molecule has 0 saturated heterocycles. The van der Waals surface area contributed by atoms with E-state index in [-0.39, 0.29) is 6.54 Å². The van der Waals surface area contributed by atoms with E-state index in [9.17, 15) is 4.79 Å². The van der Waals surface area contributed by atoms with Gasteiger partial charge in [-0.05, 0) is 12.1 Å². The van der Waals surface area contributed by atoms with Gasteiger partial charge in [-0.1, -0.05) is 30.3 Å². The van der Waals surface area contributed by atoms with Crippen LogP contribution in [-0.2, 0) is 4.79 Å². The third kappa shape index (κ3) is 2.28. The third-order valence-corrected chi connectivity index (χ3v) is 2.74. The van der Waals surface area contributed by atoms with Gasteiger partial charge in [-0.15, -0.1) is 15.3 Å². The van der Waals surface area contributed by atoms with Crippen molar-refractivity contribution in [2.24, 2.45) is 5.73 Å². The van der Waals surface area contributed by atoms with E-state index in [1.54, 1.807) is 16.6 Å². The number of amides is 1. The monoisotopic (exact) mass is 268 g/mol. The normalized spacial score (nSPS) is 10.6. The Morgan fingerprint density at radius 3 is 2.70 bits per heavy atom. The van der Waals surface area contributed by atoms with Crippen LogP contribution in [-0.4, -0.2) is 32.3 Å². The van der Waals surface area contributed by atoms with Crippen LogP contribution in [0.25, 0.3) is 17.0 Å². The molecule has 100 valence electrons. The summed E-state index contributed by atoms with van der Waals surface area (Å²) >= 11 is 0. The molecule has 0 aliphatic carbocycles. The quantitative estimate of drug-likeness (QED) is 0.725. The molecule has 2 aromatic heterocycles. The summed E-state index contributed by atoms with van der Waals surface area (Å²) in [7, 11) is 0. The van der Waals surface area contributed by atoms with Crippen molar-refractivity contribution in [1.29, 1.82) is 0 Å². The lowest BCUT2D eigenvalue weighted by Crippen LogP contribution is -2.22. The maximum atomic E-state index is 10.8. The Bertz CT molecular complexity index is 752. The van der Waals surface area contributed by atoms with Gasteiger partial charge in [-0.2, -0.15) is 4.52 Å². The molecule has 3 rings (SSSR count). The van der Waals surface area contributed by atoms with Gasteiger partial charge in [0.15, 0.2) is 11.5 Å². The molecule has 0 aliphatic heterocycles. The number of aromatic nitrogens is 4. The maximum absolute atomic E-state index is 10.8. The Morgan fingerprint density at radius 2 is 1.95 bits per heavy atom. The molecule has 7 heteroatoms. The number of carbonyl (C=O) groups excluding carboxylic acids is 1. The van der Waals surface area contributed by atoms with Gasteiger partial charge in [0.25, 0.3) is 0 Å². The minimum atomic E-state index is -0.445. The number of primary amides is 1. The fourth-order valence-electron chi connectivity index (χ4n) is 1.83. The summed E-state index contributed by atoms with van der Waals surface area (Å²) in [5, 5.41) is 15.4. The molecule has 3 N–H and O–H groups in total. The lowest BCUT2D eigenvalue weighted by atomic mass is 10.2. The molecular formula is C13H12N6O. The number of nitrogens with zero attached hydrogens (tertiary/aromatic N) is 4. The first-order chi connectivity index (χ1) is 9.74. The molecule has 0 unspecified atom stereocenters. The highest BCUT2D eigenvalue weighted by Crippen LogP contribution is 2.17. The average molecular weight is 268 g/mol. The standard InChI is InChI=1S/C13H12N6O/c14-10(20)8-15-11-6-7-12-16-17-13(19(12)18-11)9-4-2-1-3-5-9/h1-7H,8H2,(H2,14,20)(H,15,18). The Balaban J connectivity index is 2.02. The molecule has 1 amide bonds. The Hall–Kier alpha value is -2.96. The van der Waals surface area contributed by atoms with Crippen LogP contribution in [0.15, 0.2) is 42.5 Å². The minimum Gasteiger partial charge on any atom is -0.368 e. The molecule has 0 atom stereocenters. The first-order valence-corrected chi connectivity index (χ1v) is 6.04. The van der Waals surface area contributed by atoms with Crippen molar-refractivity contribution in [3.8, 4) is 11.4 Å². The lowest BCUT2D eigenvalue weighted by molar-refractivity contribution is -0.116. The number of carbonyl (C=O) groups is 1. The van der Waals surface area contributed by atoms with Gasteiger partial charge in [0.1, 0.15) is 5.82 Å². The summed E-state index contributed by atoms with van der Waals surface area (Å²) in [5.41, 5.74) is 6.64. The summed E-state index contributed by atoms with van der Waals surface area (Å²) in [5.74, 6) is 0.732. The van der Waals surface area contributed by atoms with Crippen LogP contribution < -0.4 is 11.1 Å². The first kappa shape index (κ1) is 12.1. The SMILES string of the molecule is NC(=O)CNc1ccc2nnc(-c3ccccc3)n2n1. The molecular weight excluding hydrogens is 256 g/mol. The number of anilines is 1. The molecule has 0 spiro atoms. The van der Waals surface area contributed by atoms with Gasteiger partial charge in [-0.25, -0.2) is 0 Å². The summed E-state index contributed by atoms with van der Waals surface area (Å²) in [6.07, 6.45) is 0. The van der Waals surface area contributed by atoms with Gasteiger partial charge in [0.05, 0.1) is 6.54 Å². The zero-order chi connectivity index (χ0) is 13.9. The number of fused-ring (bicyclic) bond motifs is 1. The molecule has 7 nitrogen and oxygen atoms in total. The van der Waals surface area contributed by atoms with Crippen molar-refractivity contribution in [2.75, 3.05) is 11.9 Å². The van der Waals surface area contributed by atoms with Crippen molar-refractivity contribution < 1.29 is 4.79 Å². The van der Waals surface area contributed by atoms with E-state index in [0.29, 0.717) is 17.3 Å². The van der Waals surface area contributed by atoms with Gasteiger partial charge < -0.3 is 11.1 Å². The van der Waals surface area contributed by atoms with E-state index < -0.39 is 5.91 Å². The molecule has 20 heavy (non-hydrogen) atoms. The Morgan fingerprint density at radius 1 is 1.15 bits per heavy atom. The largest absolute Gasteiger partial charge is 0.368 e. The van der Waals surface area contributed by atoms with E-state index >= 15 is 0 Å². The second-order valence-electron chi connectivity index (χ2n) is 4.20. The Labute approximate surface area is 114 Å². The summed E-state index contributed by atoms with van der Waals surface area (Å²) < 4.78 is 1.62. The molecule has 0 radical (unpaired) electrons. The number of nitrogens with two attached hydrogens (primary N) is 1. The number of hydrogen-bond acceptors (Lipinski definition) is 5.